The van der Waals surface area contributed by atoms with Crippen LogP contribution < -0.4 is 19.9 Å². The van der Waals surface area contributed by atoms with Gasteiger partial charge in [-0.15, -0.1) is 0 Å². The van der Waals surface area contributed by atoms with Crippen molar-refractivity contribution < 1.29 is 24.1 Å². The molecule has 0 fully saturated rings. The summed E-state index contributed by atoms with van der Waals surface area (Å²) >= 11 is 0. The number of para-hydroxylation sites is 1. The number of carboxylic acids is 1. The van der Waals surface area contributed by atoms with Crippen molar-refractivity contribution in [1.82, 2.24) is 4.98 Å². The first-order chi connectivity index (χ1) is 10.1. The van der Waals surface area contributed by atoms with E-state index in [4.69, 9.17) is 25.1 Å². The number of carbonyl (C=O) groups is 1. The summed E-state index contributed by atoms with van der Waals surface area (Å²) in [6.07, 6.45) is 1.16. The maximum absolute atomic E-state index is 10.8. The number of methoxy groups -OCH3 is 2. The molecule has 0 aliphatic rings. The largest absolute Gasteiger partial charge is 0.493 e. The van der Waals surface area contributed by atoms with Gasteiger partial charge in [0, 0.05) is 6.20 Å². The fourth-order valence-electron chi connectivity index (χ4n) is 1.69. The van der Waals surface area contributed by atoms with Crippen LogP contribution in [0.4, 0.5) is 5.69 Å². The number of nitrogens with zero attached hydrogens (tertiary/aromatic N) is 1. The van der Waals surface area contributed by atoms with E-state index < -0.39 is 5.97 Å². The standard InChI is InChI=1S/C14H14N2O5/c1-19-10-4-3-5-11(20-2)12(10)21-13-9(15)6-8(7-16-13)14(17)18/h3-7H,15H2,1-2H3,(H,17,18). The van der Waals surface area contributed by atoms with Crippen molar-refractivity contribution in [1.29, 1.82) is 0 Å². The Morgan fingerprint density at radius 1 is 1.24 bits per heavy atom. The summed E-state index contributed by atoms with van der Waals surface area (Å²) in [5.74, 6) is 0.152. The van der Waals surface area contributed by atoms with E-state index in [1.807, 2.05) is 0 Å². The molecule has 0 saturated carbocycles. The topological polar surface area (TPSA) is 104 Å². The Kier molecular flexibility index (Phi) is 4.13. The first kappa shape index (κ1) is 14.4. The molecule has 0 unspecified atom stereocenters. The Hall–Kier alpha value is -2.96. The number of ether oxygens (including phenoxy) is 3. The summed E-state index contributed by atoms with van der Waals surface area (Å²) in [7, 11) is 2.98. The van der Waals surface area contributed by atoms with Crippen LogP contribution >= 0.6 is 0 Å². The smallest absolute Gasteiger partial charge is 0.337 e. The van der Waals surface area contributed by atoms with Crippen molar-refractivity contribution in [2.45, 2.75) is 0 Å². The van der Waals surface area contributed by atoms with Crippen LogP contribution in [0.25, 0.3) is 0 Å². The minimum absolute atomic E-state index is 0.0214. The molecule has 1 aromatic carbocycles. The predicted molar refractivity (Wildman–Crippen MR) is 75.2 cm³/mol. The van der Waals surface area contributed by atoms with Crippen LogP contribution in [0.2, 0.25) is 0 Å². The van der Waals surface area contributed by atoms with Gasteiger partial charge in [0.05, 0.1) is 25.5 Å². The highest BCUT2D eigenvalue weighted by Gasteiger charge is 2.16. The van der Waals surface area contributed by atoms with E-state index in [1.165, 1.54) is 20.3 Å². The summed E-state index contributed by atoms with van der Waals surface area (Å²) < 4.78 is 16.0. The number of anilines is 1. The number of nitrogens with two attached hydrogens (primary N) is 1. The van der Waals surface area contributed by atoms with Gasteiger partial charge in [-0.25, -0.2) is 9.78 Å². The number of hydrogen-bond donors (Lipinski definition) is 2. The normalized spacial score (nSPS) is 10.0. The SMILES string of the molecule is COc1cccc(OC)c1Oc1ncc(C(=O)O)cc1N. The summed E-state index contributed by atoms with van der Waals surface area (Å²) in [4.78, 5) is 14.8. The van der Waals surface area contributed by atoms with Crippen molar-refractivity contribution in [2.75, 3.05) is 20.0 Å². The average molecular weight is 290 g/mol. The first-order valence-corrected chi connectivity index (χ1v) is 5.94. The molecule has 0 bridgehead atoms. The predicted octanol–water partition coefficient (Wildman–Crippen LogP) is 2.17. The van der Waals surface area contributed by atoms with E-state index in [1.54, 1.807) is 18.2 Å². The number of nitrogen functional groups attached to an aromatic ring is 1. The third kappa shape index (κ3) is 2.97. The lowest BCUT2D eigenvalue weighted by Crippen LogP contribution is -2.03. The number of rotatable bonds is 5. The van der Waals surface area contributed by atoms with Crippen LogP contribution in [0.15, 0.2) is 30.5 Å². The van der Waals surface area contributed by atoms with Crippen molar-refractivity contribution >= 4 is 11.7 Å². The molecule has 0 amide bonds. The average Bonchev–Trinajstić information content (AvgIpc) is 2.49. The number of aromatic carboxylic acids is 1. The minimum atomic E-state index is -1.12. The van der Waals surface area contributed by atoms with Crippen LogP contribution in [0.5, 0.6) is 23.1 Å². The molecule has 1 aromatic heterocycles. The zero-order valence-corrected chi connectivity index (χ0v) is 11.5. The minimum Gasteiger partial charge on any atom is -0.493 e. The molecule has 0 spiro atoms. The molecular formula is C14H14N2O5. The molecule has 2 rings (SSSR count). The van der Waals surface area contributed by atoms with E-state index in [0.29, 0.717) is 17.2 Å². The molecule has 2 aromatic rings. The van der Waals surface area contributed by atoms with Crippen LogP contribution in [0.1, 0.15) is 10.4 Å². The lowest BCUT2D eigenvalue weighted by Gasteiger charge is -2.14. The Bertz CT molecular complexity index is 650. The molecule has 21 heavy (non-hydrogen) atoms. The van der Waals surface area contributed by atoms with Crippen LogP contribution in [0, 0.1) is 0 Å². The molecule has 3 N–H and O–H groups in total. The highest BCUT2D eigenvalue weighted by Crippen LogP contribution is 2.40. The zero-order valence-electron chi connectivity index (χ0n) is 11.5. The number of hydrogen-bond acceptors (Lipinski definition) is 6. The van der Waals surface area contributed by atoms with Gasteiger partial charge in [-0.3, -0.25) is 0 Å². The summed E-state index contributed by atoms with van der Waals surface area (Å²) in [5.41, 5.74) is 5.84. The highest BCUT2D eigenvalue weighted by molar-refractivity contribution is 5.88. The van der Waals surface area contributed by atoms with Crippen molar-refractivity contribution in [2.24, 2.45) is 0 Å². The van der Waals surface area contributed by atoms with Crippen molar-refractivity contribution in [3.8, 4) is 23.1 Å². The lowest BCUT2D eigenvalue weighted by molar-refractivity contribution is 0.0696. The molecule has 0 saturated heterocycles. The molecule has 7 nitrogen and oxygen atoms in total. The zero-order chi connectivity index (χ0) is 15.4. The van der Waals surface area contributed by atoms with Gasteiger partial charge < -0.3 is 25.1 Å². The fraction of sp³-hybridized carbons (Fsp3) is 0.143. The van der Waals surface area contributed by atoms with Crippen LogP contribution in [-0.4, -0.2) is 30.3 Å². The first-order valence-electron chi connectivity index (χ1n) is 5.94. The fourth-order valence-corrected chi connectivity index (χ4v) is 1.69. The number of pyridine rings is 1. The molecule has 7 heteroatoms. The number of aromatic nitrogens is 1. The van der Waals surface area contributed by atoms with E-state index in [-0.39, 0.29) is 17.1 Å². The summed E-state index contributed by atoms with van der Waals surface area (Å²) in [5, 5.41) is 8.88. The van der Waals surface area contributed by atoms with Crippen molar-refractivity contribution in [3.05, 3.63) is 36.0 Å². The molecule has 0 radical (unpaired) electrons. The molecule has 0 aliphatic heterocycles. The van der Waals surface area contributed by atoms with Crippen molar-refractivity contribution in [3.63, 3.8) is 0 Å². The Labute approximate surface area is 120 Å². The summed E-state index contributed by atoms with van der Waals surface area (Å²) in [6.45, 7) is 0. The molecule has 0 aliphatic carbocycles. The second-order valence-corrected chi connectivity index (χ2v) is 4.02. The third-order valence-corrected chi connectivity index (χ3v) is 2.71. The summed E-state index contributed by atoms with van der Waals surface area (Å²) in [6, 6.07) is 6.40. The Balaban J connectivity index is 2.40. The van der Waals surface area contributed by atoms with E-state index >= 15 is 0 Å². The van der Waals surface area contributed by atoms with Gasteiger partial charge >= 0.3 is 5.97 Å². The number of carboxylic acid groups (broad SMARTS) is 1. The Morgan fingerprint density at radius 3 is 2.33 bits per heavy atom. The molecular weight excluding hydrogens is 276 g/mol. The maximum Gasteiger partial charge on any atom is 0.337 e. The molecule has 0 atom stereocenters. The van der Waals surface area contributed by atoms with Gasteiger partial charge in [0.1, 0.15) is 0 Å². The highest BCUT2D eigenvalue weighted by atomic mass is 16.5. The molecule has 1 heterocycles. The lowest BCUT2D eigenvalue weighted by atomic mass is 10.2. The van der Waals surface area contributed by atoms with E-state index in [2.05, 4.69) is 4.98 Å². The Morgan fingerprint density at radius 2 is 1.86 bits per heavy atom. The van der Waals surface area contributed by atoms with Gasteiger partial charge in [0.2, 0.25) is 11.6 Å². The van der Waals surface area contributed by atoms with Gasteiger partial charge in [-0.2, -0.15) is 0 Å². The van der Waals surface area contributed by atoms with Crippen LogP contribution in [0.3, 0.4) is 0 Å². The monoisotopic (exact) mass is 290 g/mol. The van der Waals surface area contributed by atoms with E-state index in [9.17, 15) is 4.79 Å². The number of benzene rings is 1. The van der Waals surface area contributed by atoms with E-state index in [0.717, 1.165) is 6.20 Å². The van der Waals surface area contributed by atoms with Gasteiger partial charge in [0.15, 0.2) is 11.5 Å². The van der Waals surface area contributed by atoms with Gasteiger partial charge in [-0.05, 0) is 18.2 Å². The van der Waals surface area contributed by atoms with Gasteiger partial charge in [0.25, 0.3) is 0 Å². The van der Waals surface area contributed by atoms with Crippen LogP contribution in [-0.2, 0) is 0 Å². The second-order valence-electron chi connectivity index (χ2n) is 4.02. The third-order valence-electron chi connectivity index (χ3n) is 2.71. The second kappa shape index (κ2) is 6.00. The maximum atomic E-state index is 10.8. The quantitative estimate of drug-likeness (QED) is 0.869. The molecule has 110 valence electrons. The van der Waals surface area contributed by atoms with Gasteiger partial charge in [-0.1, -0.05) is 6.07 Å².